The van der Waals surface area contributed by atoms with Crippen LogP contribution in [0.3, 0.4) is 0 Å². The lowest BCUT2D eigenvalue weighted by molar-refractivity contribution is -0.142. The van der Waals surface area contributed by atoms with E-state index in [1.807, 2.05) is 6.92 Å². The summed E-state index contributed by atoms with van der Waals surface area (Å²) in [6.45, 7) is 5.72. The highest BCUT2D eigenvalue weighted by Crippen LogP contribution is 2.19. The van der Waals surface area contributed by atoms with Crippen molar-refractivity contribution in [1.82, 2.24) is 15.5 Å². The van der Waals surface area contributed by atoms with Crippen molar-refractivity contribution in [2.75, 3.05) is 13.1 Å². The molecule has 3 atom stereocenters. The smallest absolute Gasteiger partial charge is 0.243 e. The standard InChI is InChI=1S/C15H27N3O2.ClH/c1-3-14(19)18-10-5-4-8-13(18)15(20)17-12-7-6-9-16-11(12)2;/h11-13,16H,3-10H2,1-2H3,(H,17,20);1H. The molecule has 5 nitrogen and oxygen atoms in total. The first-order valence-corrected chi connectivity index (χ1v) is 7.96. The molecule has 2 amide bonds. The molecule has 0 spiro atoms. The molecule has 2 aliphatic rings. The first-order valence-electron chi connectivity index (χ1n) is 7.96. The van der Waals surface area contributed by atoms with E-state index in [-0.39, 0.29) is 36.3 Å². The fraction of sp³-hybridized carbons (Fsp3) is 0.867. The van der Waals surface area contributed by atoms with Crippen LogP contribution in [0.5, 0.6) is 0 Å². The highest BCUT2D eigenvalue weighted by Gasteiger charge is 2.33. The number of halogens is 1. The van der Waals surface area contributed by atoms with Crippen molar-refractivity contribution < 1.29 is 9.59 Å². The molecule has 0 bridgehead atoms. The monoisotopic (exact) mass is 317 g/mol. The third-order valence-corrected chi connectivity index (χ3v) is 4.52. The molecule has 21 heavy (non-hydrogen) atoms. The molecule has 3 unspecified atom stereocenters. The predicted octanol–water partition coefficient (Wildman–Crippen LogP) is 1.46. The van der Waals surface area contributed by atoms with Gasteiger partial charge in [-0.2, -0.15) is 0 Å². The summed E-state index contributed by atoms with van der Waals surface area (Å²) in [5, 5.41) is 6.54. The summed E-state index contributed by atoms with van der Waals surface area (Å²) in [5.41, 5.74) is 0. The maximum absolute atomic E-state index is 12.5. The Hall–Kier alpha value is -0.810. The molecule has 2 fully saturated rings. The average molecular weight is 318 g/mol. The molecular weight excluding hydrogens is 290 g/mol. The molecular formula is C15H28ClN3O2. The lowest BCUT2D eigenvalue weighted by atomic mass is 9.97. The third kappa shape index (κ3) is 4.58. The van der Waals surface area contributed by atoms with Gasteiger partial charge in [0, 0.05) is 25.0 Å². The molecule has 0 aliphatic carbocycles. The summed E-state index contributed by atoms with van der Waals surface area (Å²) in [6.07, 6.45) is 5.43. The van der Waals surface area contributed by atoms with Crippen LogP contribution in [0.4, 0.5) is 0 Å². The molecule has 0 aromatic heterocycles. The molecule has 122 valence electrons. The van der Waals surface area contributed by atoms with Crippen molar-refractivity contribution in [1.29, 1.82) is 0 Å². The van der Waals surface area contributed by atoms with Crippen LogP contribution in [0, 0.1) is 0 Å². The minimum atomic E-state index is -0.259. The Labute approximate surface area is 133 Å². The van der Waals surface area contributed by atoms with Crippen molar-refractivity contribution in [3.05, 3.63) is 0 Å². The Morgan fingerprint density at radius 3 is 2.67 bits per heavy atom. The Morgan fingerprint density at radius 2 is 2.00 bits per heavy atom. The molecule has 0 aromatic carbocycles. The van der Waals surface area contributed by atoms with Gasteiger partial charge in [0.2, 0.25) is 11.8 Å². The van der Waals surface area contributed by atoms with E-state index in [2.05, 4.69) is 17.6 Å². The Balaban J connectivity index is 0.00000220. The van der Waals surface area contributed by atoms with E-state index in [0.717, 1.165) is 45.2 Å². The molecule has 2 rings (SSSR count). The number of nitrogens with one attached hydrogen (secondary N) is 2. The van der Waals surface area contributed by atoms with Crippen molar-refractivity contribution in [3.63, 3.8) is 0 Å². The zero-order valence-corrected chi connectivity index (χ0v) is 13.9. The van der Waals surface area contributed by atoms with E-state index in [9.17, 15) is 9.59 Å². The van der Waals surface area contributed by atoms with Gasteiger partial charge < -0.3 is 15.5 Å². The zero-order chi connectivity index (χ0) is 14.5. The molecule has 0 radical (unpaired) electrons. The lowest BCUT2D eigenvalue weighted by Gasteiger charge is -2.37. The minimum absolute atomic E-state index is 0. The number of piperidine rings is 2. The minimum Gasteiger partial charge on any atom is -0.350 e. The molecule has 6 heteroatoms. The second kappa shape index (κ2) is 8.59. The van der Waals surface area contributed by atoms with Gasteiger partial charge in [0.25, 0.3) is 0 Å². The summed E-state index contributed by atoms with van der Waals surface area (Å²) < 4.78 is 0. The number of rotatable bonds is 3. The van der Waals surface area contributed by atoms with Gasteiger partial charge in [-0.05, 0) is 45.6 Å². The number of hydrogen-bond donors (Lipinski definition) is 2. The molecule has 0 saturated carbocycles. The van der Waals surface area contributed by atoms with Gasteiger partial charge in [-0.25, -0.2) is 0 Å². The lowest BCUT2D eigenvalue weighted by Crippen LogP contribution is -2.58. The number of hydrogen-bond acceptors (Lipinski definition) is 3. The number of amides is 2. The maximum Gasteiger partial charge on any atom is 0.243 e. The largest absolute Gasteiger partial charge is 0.350 e. The van der Waals surface area contributed by atoms with E-state index in [1.54, 1.807) is 4.90 Å². The Bertz CT molecular complexity index is 365. The summed E-state index contributed by atoms with van der Waals surface area (Å²) >= 11 is 0. The van der Waals surface area contributed by atoms with Crippen LogP contribution >= 0.6 is 12.4 Å². The van der Waals surface area contributed by atoms with E-state index >= 15 is 0 Å². The normalized spacial score (nSPS) is 29.4. The van der Waals surface area contributed by atoms with Gasteiger partial charge in [-0.15, -0.1) is 12.4 Å². The van der Waals surface area contributed by atoms with Crippen molar-refractivity contribution in [3.8, 4) is 0 Å². The summed E-state index contributed by atoms with van der Waals surface area (Å²) in [5.74, 6) is 0.131. The number of likely N-dealkylation sites (tertiary alicyclic amines) is 1. The summed E-state index contributed by atoms with van der Waals surface area (Å²) in [7, 11) is 0. The van der Waals surface area contributed by atoms with Crippen LogP contribution in [0.1, 0.15) is 52.4 Å². The van der Waals surface area contributed by atoms with Crippen LogP contribution in [0.2, 0.25) is 0 Å². The van der Waals surface area contributed by atoms with Crippen LogP contribution in [-0.4, -0.2) is 47.9 Å². The topological polar surface area (TPSA) is 61.4 Å². The SMILES string of the molecule is CCC(=O)N1CCCCC1C(=O)NC1CCCNC1C.Cl. The van der Waals surface area contributed by atoms with Crippen LogP contribution in [-0.2, 0) is 9.59 Å². The third-order valence-electron chi connectivity index (χ3n) is 4.52. The molecule has 2 N–H and O–H groups in total. The number of carbonyl (C=O) groups excluding carboxylic acids is 2. The predicted molar refractivity (Wildman–Crippen MR) is 85.5 cm³/mol. The van der Waals surface area contributed by atoms with E-state index in [4.69, 9.17) is 0 Å². The van der Waals surface area contributed by atoms with E-state index in [1.165, 1.54) is 0 Å². The van der Waals surface area contributed by atoms with Crippen molar-refractivity contribution in [2.24, 2.45) is 0 Å². The van der Waals surface area contributed by atoms with Gasteiger partial charge >= 0.3 is 0 Å². The number of carbonyl (C=O) groups is 2. The first-order chi connectivity index (χ1) is 9.63. The highest BCUT2D eigenvalue weighted by molar-refractivity contribution is 5.88. The van der Waals surface area contributed by atoms with Crippen molar-refractivity contribution >= 4 is 24.2 Å². The van der Waals surface area contributed by atoms with Crippen LogP contribution < -0.4 is 10.6 Å². The average Bonchev–Trinajstić information content (AvgIpc) is 2.48. The zero-order valence-electron chi connectivity index (χ0n) is 13.1. The molecule has 2 heterocycles. The van der Waals surface area contributed by atoms with Gasteiger partial charge in [0.1, 0.15) is 6.04 Å². The van der Waals surface area contributed by atoms with Gasteiger partial charge in [0.05, 0.1) is 0 Å². The molecule has 2 aliphatic heterocycles. The van der Waals surface area contributed by atoms with Gasteiger partial charge in [-0.3, -0.25) is 9.59 Å². The summed E-state index contributed by atoms with van der Waals surface area (Å²) in [6, 6.07) is 0.244. The molecule has 0 aromatic rings. The van der Waals surface area contributed by atoms with E-state index < -0.39 is 0 Å². The van der Waals surface area contributed by atoms with Gasteiger partial charge in [0.15, 0.2) is 0 Å². The quantitative estimate of drug-likeness (QED) is 0.828. The van der Waals surface area contributed by atoms with Gasteiger partial charge in [-0.1, -0.05) is 6.92 Å². The fourth-order valence-corrected chi connectivity index (χ4v) is 3.23. The highest BCUT2D eigenvalue weighted by atomic mass is 35.5. The first kappa shape index (κ1) is 18.2. The second-order valence-corrected chi connectivity index (χ2v) is 5.95. The fourth-order valence-electron chi connectivity index (χ4n) is 3.23. The number of nitrogens with zero attached hydrogens (tertiary/aromatic N) is 1. The maximum atomic E-state index is 12.5. The van der Waals surface area contributed by atoms with Crippen LogP contribution in [0.15, 0.2) is 0 Å². The second-order valence-electron chi connectivity index (χ2n) is 5.95. The van der Waals surface area contributed by atoms with Crippen LogP contribution in [0.25, 0.3) is 0 Å². The molecule has 2 saturated heterocycles. The van der Waals surface area contributed by atoms with E-state index in [0.29, 0.717) is 12.5 Å². The van der Waals surface area contributed by atoms with Crippen molar-refractivity contribution in [2.45, 2.75) is 70.5 Å². The summed E-state index contributed by atoms with van der Waals surface area (Å²) in [4.78, 5) is 26.3. The Kier molecular flexibility index (Phi) is 7.46. The Morgan fingerprint density at radius 1 is 1.24 bits per heavy atom.